The summed E-state index contributed by atoms with van der Waals surface area (Å²) in [6.07, 6.45) is 1.71. The van der Waals surface area contributed by atoms with Crippen molar-refractivity contribution in [2.45, 2.75) is 6.92 Å². The summed E-state index contributed by atoms with van der Waals surface area (Å²) < 4.78 is 12.9. The Balaban J connectivity index is 2.28. The number of aryl methyl sites for hydroxylation is 1. The zero-order chi connectivity index (χ0) is 9.97. The number of hydrogen-bond donors (Lipinski definition) is 2. The fourth-order valence-electron chi connectivity index (χ4n) is 1.20. The molecule has 0 bridgehead atoms. The van der Waals surface area contributed by atoms with Crippen LogP contribution in [0.4, 0.5) is 15.9 Å². The Morgan fingerprint density at radius 3 is 2.93 bits per heavy atom. The second-order valence-electron chi connectivity index (χ2n) is 3.04. The molecule has 2 N–H and O–H groups in total. The first-order chi connectivity index (χ1) is 6.75. The Morgan fingerprint density at radius 1 is 1.36 bits per heavy atom. The standard InChI is InChI=1S/C10H10FN3/c1-7-2-3-8(11)6-9(7)13-10-4-5-12-14-10/h2-6H,1H3,(H2,12,13,14). The van der Waals surface area contributed by atoms with E-state index in [0.717, 1.165) is 11.3 Å². The van der Waals surface area contributed by atoms with E-state index in [0.29, 0.717) is 5.82 Å². The molecule has 0 spiro atoms. The largest absolute Gasteiger partial charge is 0.338 e. The highest BCUT2D eigenvalue weighted by Crippen LogP contribution is 2.19. The smallest absolute Gasteiger partial charge is 0.152 e. The Hall–Kier alpha value is -1.84. The van der Waals surface area contributed by atoms with Crippen LogP contribution >= 0.6 is 0 Å². The minimum Gasteiger partial charge on any atom is -0.338 e. The molecule has 0 aliphatic rings. The number of nitrogens with one attached hydrogen (secondary N) is 2. The lowest BCUT2D eigenvalue weighted by Crippen LogP contribution is -1.94. The van der Waals surface area contributed by atoms with Crippen molar-refractivity contribution in [1.29, 1.82) is 0 Å². The molecule has 0 amide bonds. The minimum atomic E-state index is -0.256. The summed E-state index contributed by atoms with van der Waals surface area (Å²) in [5.41, 5.74) is 1.71. The quantitative estimate of drug-likeness (QED) is 0.766. The second-order valence-corrected chi connectivity index (χ2v) is 3.04. The number of anilines is 2. The van der Waals surface area contributed by atoms with Gasteiger partial charge in [0.15, 0.2) is 5.82 Å². The first-order valence-electron chi connectivity index (χ1n) is 4.28. The minimum absolute atomic E-state index is 0.256. The molecular formula is C10H10FN3. The molecule has 0 unspecified atom stereocenters. The van der Waals surface area contributed by atoms with Crippen LogP contribution in [0.25, 0.3) is 0 Å². The van der Waals surface area contributed by atoms with Gasteiger partial charge in [0.1, 0.15) is 5.82 Å². The lowest BCUT2D eigenvalue weighted by molar-refractivity contribution is 0.628. The third-order valence-electron chi connectivity index (χ3n) is 1.96. The van der Waals surface area contributed by atoms with Crippen LogP contribution in [0, 0.1) is 12.7 Å². The van der Waals surface area contributed by atoms with Gasteiger partial charge in [0.05, 0.1) is 0 Å². The van der Waals surface area contributed by atoms with E-state index in [4.69, 9.17) is 0 Å². The molecule has 4 heteroatoms. The van der Waals surface area contributed by atoms with Gasteiger partial charge >= 0.3 is 0 Å². The monoisotopic (exact) mass is 191 g/mol. The number of rotatable bonds is 2. The molecule has 1 aromatic heterocycles. The molecule has 0 aliphatic carbocycles. The topological polar surface area (TPSA) is 40.7 Å². The van der Waals surface area contributed by atoms with Crippen LogP contribution < -0.4 is 5.32 Å². The molecular weight excluding hydrogens is 181 g/mol. The number of aromatic nitrogens is 2. The van der Waals surface area contributed by atoms with Gasteiger partial charge in [0.25, 0.3) is 0 Å². The Bertz CT molecular complexity index is 423. The zero-order valence-electron chi connectivity index (χ0n) is 7.71. The molecule has 0 fully saturated rings. The van der Waals surface area contributed by atoms with Crippen LogP contribution in [0.5, 0.6) is 0 Å². The summed E-state index contributed by atoms with van der Waals surface area (Å²) in [4.78, 5) is 0. The molecule has 0 atom stereocenters. The van der Waals surface area contributed by atoms with Gasteiger partial charge in [0.2, 0.25) is 0 Å². The summed E-state index contributed by atoms with van der Waals surface area (Å²) in [6, 6.07) is 6.39. The number of aromatic amines is 1. The summed E-state index contributed by atoms with van der Waals surface area (Å²) in [7, 11) is 0. The SMILES string of the molecule is Cc1ccc(F)cc1Nc1cc[nH]n1. The normalized spacial score (nSPS) is 10.1. The van der Waals surface area contributed by atoms with Crippen molar-refractivity contribution in [2.24, 2.45) is 0 Å². The highest BCUT2D eigenvalue weighted by molar-refractivity contribution is 5.59. The van der Waals surface area contributed by atoms with E-state index in [9.17, 15) is 4.39 Å². The fourth-order valence-corrected chi connectivity index (χ4v) is 1.20. The van der Waals surface area contributed by atoms with E-state index in [1.165, 1.54) is 12.1 Å². The molecule has 72 valence electrons. The van der Waals surface area contributed by atoms with Crippen LogP contribution in [0.2, 0.25) is 0 Å². The molecule has 0 aliphatic heterocycles. The maximum Gasteiger partial charge on any atom is 0.152 e. The van der Waals surface area contributed by atoms with Crippen LogP contribution in [-0.2, 0) is 0 Å². The van der Waals surface area contributed by atoms with Gasteiger partial charge in [-0.25, -0.2) is 4.39 Å². The molecule has 2 aromatic rings. The summed E-state index contributed by atoms with van der Waals surface area (Å²) in [5.74, 6) is 0.423. The summed E-state index contributed by atoms with van der Waals surface area (Å²) >= 11 is 0. The zero-order valence-corrected chi connectivity index (χ0v) is 7.71. The molecule has 0 saturated carbocycles. The molecule has 1 aromatic carbocycles. The first-order valence-corrected chi connectivity index (χ1v) is 4.28. The van der Waals surface area contributed by atoms with Gasteiger partial charge in [-0.3, -0.25) is 5.10 Å². The molecule has 0 saturated heterocycles. The van der Waals surface area contributed by atoms with Crippen LogP contribution in [0.1, 0.15) is 5.56 Å². The van der Waals surface area contributed by atoms with E-state index in [-0.39, 0.29) is 5.82 Å². The van der Waals surface area contributed by atoms with E-state index in [1.54, 1.807) is 18.3 Å². The van der Waals surface area contributed by atoms with Crippen LogP contribution in [0.3, 0.4) is 0 Å². The maximum absolute atomic E-state index is 12.9. The summed E-state index contributed by atoms with van der Waals surface area (Å²) in [6.45, 7) is 1.91. The van der Waals surface area contributed by atoms with Crippen molar-refractivity contribution >= 4 is 11.5 Å². The van der Waals surface area contributed by atoms with E-state index < -0.39 is 0 Å². The number of halogens is 1. The summed E-state index contributed by atoms with van der Waals surface area (Å²) in [5, 5.41) is 9.61. The molecule has 2 rings (SSSR count). The fraction of sp³-hybridized carbons (Fsp3) is 0.100. The predicted molar refractivity (Wildman–Crippen MR) is 53.0 cm³/mol. The lowest BCUT2D eigenvalue weighted by atomic mass is 10.2. The number of benzene rings is 1. The predicted octanol–water partition coefficient (Wildman–Crippen LogP) is 2.60. The van der Waals surface area contributed by atoms with E-state index >= 15 is 0 Å². The molecule has 1 heterocycles. The average Bonchev–Trinajstić information content (AvgIpc) is 2.64. The number of hydrogen-bond acceptors (Lipinski definition) is 2. The van der Waals surface area contributed by atoms with Crippen molar-refractivity contribution < 1.29 is 4.39 Å². The Morgan fingerprint density at radius 2 is 2.21 bits per heavy atom. The van der Waals surface area contributed by atoms with Gasteiger partial charge in [-0.15, -0.1) is 0 Å². The Kier molecular flexibility index (Phi) is 2.18. The van der Waals surface area contributed by atoms with Crippen molar-refractivity contribution in [3.63, 3.8) is 0 Å². The third-order valence-corrected chi connectivity index (χ3v) is 1.96. The van der Waals surface area contributed by atoms with Crippen LogP contribution in [0.15, 0.2) is 30.5 Å². The van der Waals surface area contributed by atoms with Crippen molar-refractivity contribution in [1.82, 2.24) is 10.2 Å². The van der Waals surface area contributed by atoms with E-state index in [1.807, 2.05) is 6.92 Å². The highest BCUT2D eigenvalue weighted by Gasteiger charge is 2.01. The Labute approximate surface area is 81.0 Å². The first kappa shape index (κ1) is 8.74. The number of H-pyrrole nitrogens is 1. The maximum atomic E-state index is 12.9. The third kappa shape index (κ3) is 1.74. The van der Waals surface area contributed by atoms with Crippen molar-refractivity contribution in [3.8, 4) is 0 Å². The molecule has 3 nitrogen and oxygen atoms in total. The van der Waals surface area contributed by atoms with Gasteiger partial charge in [-0.1, -0.05) is 6.07 Å². The van der Waals surface area contributed by atoms with Gasteiger partial charge in [-0.05, 0) is 24.6 Å². The van der Waals surface area contributed by atoms with Gasteiger partial charge < -0.3 is 5.32 Å². The van der Waals surface area contributed by atoms with Gasteiger partial charge in [0, 0.05) is 18.0 Å². The average molecular weight is 191 g/mol. The van der Waals surface area contributed by atoms with Crippen molar-refractivity contribution in [3.05, 3.63) is 41.8 Å². The second kappa shape index (κ2) is 3.49. The van der Waals surface area contributed by atoms with Gasteiger partial charge in [-0.2, -0.15) is 5.10 Å². The lowest BCUT2D eigenvalue weighted by Gasteiger charge is -2.06. The molecule has 0 radical (unpaired) electrons. The van der Waals surface area contributed by atoms with Crippen molar-refractivity contribution in [2.75, 3.05) is 5.32 Å². The van der Waals surface area contributed by atoms with E-state index in [2.05, 4.69) is 15.5 Å². The number of nitrogens with zero attached hydrogens (tertiary/aromatic N) is 1. The molecule has 14 heavy (non-hydrogen) atoms. The highest BCUT2D eigenvalue weighted by atomic mass is 19.1. The van der Waals surface area contributed by atoms with Crippen LogP contribution in [-0.4, -0.2) is 10.2 Å².